The van der Waals surface area contributed by atoms with Crippen molar-refractivity contribution < 1.29 is 8.91 Å². The minimum absolute atomic E-state index is 0.277. The molecule has 0 atom stereocenters. The molecule has 16 heavy (non-hydrogen) atoms. The van der Waals surface area contributed by atoms with E-state index in [9.17, 15) is 4.39 Å². The third-order valence-electron chi connectivity index (χ3n) is 2.37. The van der Waals surface area contributed by atoms with Crippen molar-refractivity contribution in [1.82, 2.24) is 5.16 Å². The highest BCUT2D eigenvalue weighted by atomic mass is 19.1. The van der Waals surface area contributed by atoms with E-state index < -0.39 is 0 Å². The normalized spacial score (nSPS) is 10.6. The van der Waals surface area contributed by atoms with Gasteiger partial charge in [0, 0.05) is 11.6 Å². The third kappa shape index (κ3) is 2.39. The molecular weight excluding hydrogens is 207 g/mol. The lowest BCUT2D eigenvalue weighted by molar-refractivity contribution is 0.436. The summed E-state index contributed by atoms with van der Waals surface area (Å²) in [5, 5.41) is 3.62. The number of aryl methyl sites for hydroxylation is 1. The van der Waals surface area contributed by atoms with Gasteiger partial charge in [-0.05, 0) is 18.4 Å². The summed E-state index contributed by atoms with van der Waals surface area (Å²) in [6.45, 7) is -0.277. The highest BCUT2D eigenvalue weighted by molar-refractivity contribution is 5.60. The fourth-order valence-electron chi connectivity index (χ4n) is 1.53. The molecule has 3 nitrogen and oxygen atoms in total. The standard InChI is InChI=1S/C12H13FN2O/c13-7-1-2-9-3-5-10(6-4-9)11-8-12(14)15-16-11/h3-6,8H,1-2,7H2,(H2,14,15). The largest absolute Gasteiger partial charge is 0.381 e. The zero-order valence-electron chi connectivity index (χ0n) is 8.82. The lowest BCUT2D eigenvalue weighted by Gasteiger charge is -2.00. The number of nitrogens with two attached hydrogens (primary N) is 1. The molecule has 0 aliphatic rings. The van der Waals surface area contributed by atoms with Crippen LogP contribution in [0.25, 0.3) is 11.3 Å². The molecule has 2 rings (SSSR count). The van der Waals surface area contributed by atoms with E-state index in [1.807, 2.05) is 24.3 Å². The summed E-state index contributed by atoms with van der Waals surface area (Å²) in [5.74, 6) is 1.02. The van der Waals surface area contributed by atoms with Crippen LogP contribution in [-0.2, 0) is 6.42 Å². The fraction of sp³-hybridized carbons (Fsp3) is 0.250. The maximum atomic E-state index is 12.0. The van der Waals surface area contributed by atoms with Crippen LogP contribution >= 0.6 is 0 Å². The van der Waals surface area contributed by atoms with Crippen LogP contribution in [0.5, 0.6) is 0 Å². The zero-order valence-corrected chi connectivity index (χ0v) is 8.82. The van der Waals surface area contributed by atoms with E-state index in [-0.39, 0.29) is 6.67 Å². The summed E-state index contributed by atoms with van der Waals surface area (Å²) >= 11 is 0. The van der Waals surface area contributed by atoms with Crippen LogP contribution in [0.15, 0.2) is 34.9 Å². The Bertz CT molecular complexity index is 450. The highest BCUT2D eigenvalue weighted by Gasteiger charge is 2.04. The lowest BCUT2D eigenvalue weighted by Crippen LogP contribution is -1.86. The van der Waals surface area contributed by atoms with Gasteiger partial charge in [-0.1, -0.05) is 29.4 Å². The Morgan fingerprint density at radius 2 is 2.00 bits per heavy atom. The molecule has 0 saturated heterocycles. The van der Waals surface area contributed by atoms with Crippen molar-refractivity contribution in [3.63, 3.8) is 0 Å². The molecule has 0 bridgehead atoms. The van der Waals surface area contributed by atoms with Crippen LogP contribution < -0.4 is 5.73 Å². The molecule has 2 aromatic rings. The van der Waals surface area contributed by atoms with Gasteiger partial charge in [-0.25, -0.2) is 0 Å². The molecule has 0 aliphatic carbocycles. The SMILES string of the molecule is Nc1cc(-c2ccc(CCCF)cc2)on1. The summed E-state index contributed by atoms with van der Waals surface area (Å²) in [4.78, 5) is 0. The Morgan fingerprint density at radius 1 is 1.25 bits per heavy atom. The molecule has 84 valence electrons. The number of aromatic nitrogens is 1. The second kappa shape index (κ2) is 4.79. The molecule has 4 heteroatoms. The Kier molecular flexibility index (Phi) is 3.19. The maximum Gasteiger partial charge on any atom is 0.169 e. The average Bonchev–Trinajstić information content (AvgIpc) is 2.74. The number of halogens is 1. The van der Waals surface area contributed by atoms with Crippen molar-refractivity contribution in [3.05, 3.63) is 35.9 Å². The monoisotopic (exact) mass is 220 g/mol. The van der Waals surface area contributed by atoms with Crippen LogP contribution in [0, 0.1) is 0 Å². The van der Waals surface area contributed by atoms with Gasteiger partial charge < -0.3 is 10.3 Å². The van der Waals surface area contributed by atoms with Crippen molar-refractivity contribution in [2.75, 3.05) is 12.4 Å². The second-order valence-electron chi connectivity index (χ2n) is 3.61. The van der Waals surface area contributed by atoms with E-state index in [1.54, 1.807) is 6.07 Å². The van der Waals surface area contributed by atoms with E-state index in [0.29, 0.717) is 18.0 Å². The van der Waals surface area contributed by atoms with Gasteiger partial charge in [0.2, 0.25) is 0 Å². The summed E-state index contributed by atoms with van der Waals surface area (Å²) in [5.41, 5.74) is 7.51. The summed E-state index contributed by atoms with van der Waals surface area (Å²) in [7, 11) is 0. The van der Waals surface area contributed by atoms with Gasteiger partial charge in [-0.15, -0.1) is 0 Å². The number of alkyl halides is 1. The van der Waals surface area contributed by atoms with Crippen molar-refractivity contribution in [3.8, 4) is 11.3 Å². The van der Waals surface area contributed by atoms with Crippen molar-refractivity contribution in [2.45, 2.75) is 12.8 Å². The highest BCUT2D eigenvalue weighted by Crippen LogP contribution is 2.21. The number of anilines is 1. The van der Waals surface area contributed by atoms with Gasteiger partial charge in [0.15, 0.2) is 11.6 Å². The quantitative estimate of drug-likeness (QED) is 0.861. The van der Waals surface area contributed by atoms with E-state index in [0.717, 1.165) is 17.5 Å². The van der Waals surface area contributed by atoms with Crippen molar-refractivity contribution >= 4 is 5.82 Å². The Labute approximate surface area is 93.1 Å². The number of rotatable bonds is 4. The summed E-state index contributed by atoms with van der Waals surface area (Å²) < 4.78 is 17.0. The molecule has 0 saturated carbocycles. The predicted molar refractivity (Wildman–Crippen MR) is 60.6 cm³/mol. The van der Waals surface area contributed by atoms with E-state index in [2.05, 4.69) is 5.16 Å². The molecule has 0 unspecified atom stereocenters. The molecule has 0 amide bonds. The fourth-order valence-corrected chi connectivity index (χ4v) is 1.53. The van der Waals surface area contributed by atoms with Gasteiger partial charge in [-0.2, -0.15) is 0 Å². The first-order valence-corrected chi connectivity index (χ1v) is 5.17. The minimum Gasteiger partial charge on any atom is -0.381 e. The van der Waals surface area contributed by atoms with Crippen LogP contribution in [0.1, 0.15) is 12.0 Å². The molecule has 1 aromatic carbocycles. The number of nitrogen functional groups attached to an aromatic ring is 1. The first-order valence-electron chi connectivity index (χ1n) is 5.17. The molecular formula is C12H13FN2O. The average molecular weight is 220 g/mol. The number of hydrogen-bond acceptors (Lipinski definition) is 3. The molecule has 0 radical (unpaired) electrons. The van der Waals surface area contributed by atoms with Gasteiger partial charge in [0.1, 0.15) is 0 Å². The first kappa shape index (κ1) is 10.7. The number of hydrogen-bond donors (Lipinski definition) is 1. The zero-order chi connectivity index (χ0) is 11.4. The van der Waals surface area contributed by atoms with Gasteiger partial charge in [-0.3, -0.25) is 4.39 Å². The lowest BCUT2D eigenvalue weighted by atomic mass is 10.1. The Morgan fingerprint density at radius 3 is 2.56 bits per heavy atom. The van der Waals surface area contributed by atoms with E-state index >= 15 is 0 Å². The van der Waals surface area contributed by atoms with E-state index in [1.165, 1.54) is 0 Å². The van der Waals surface area contributed by atoms with Crippen LogP contribution in [-0.4, -0.2) is 11.8 Å². The van der Waals surface area contributed by atoms with Gasteiger partial charge in [0.25, 0.3) is 0 Å². The third-order valence-corrected chi connectivity index (χ3v) is 2.37. The van der Waals surface area contributed by atoms with Crippen molar-refractivity contribution in [2.24, 2.45) is 0 Å². The minimum atomic E-state index is -0.277. The maximum absolute atomic E-state index is 12.0. The van der Waals surface area contributed by atoms with Crippen molar-refractivity contribution in [1.29, 1.82) is 0 Å². The van der Waals surface area contributed by atoms with Gasteiger partial charge >= 0.3 is 0 Å². The smallest absolute Gasteiger partial charge is 0.169 e. The molecule has 0 aliphatic heterocycles. The molecule has 0 fully saturated rings. The topological polar surface area (TPSA) is 52.0 Å². The predicted octanol–water partition coefficient (Wildman–Crippen LogP) is 2.83. The van der Waals surface area contributed by atoms with Gasteiger partial charge in [0.05, 0.1) is 6.67 Å². The Hall–Kier alpha value is -1.84. The van der Waals surface area contributed by atoms with Crippen LogP contribution in [0.4, 0.5) is 10.2 Å². The van der Waals surface area contributed by atoms with Crippen LogP contribution in [0.3, 0.4) is 0 Å². The molecule has 0 spiro atoms. The number of benzene rings is 1. The van der Waals surface area contributed by atoms with E-state index in [4.69, 9.17) is 10.3 Å². The second-order valence-corrected chi connectivity index (χ2v) is 3.61. The molecule has 2 N–H and O–H groups in total. The molecule has 1 heterocycles. The number of nitrogens with zero attached hydrogens (tertiary/aromatic N) is 1. The Balaban J connectivity index is 2.13. The first-order chi connectivity index (χ1) is 7.79. The van der Waals surface area contributed by atoms with Crippen LogP contribution in [0.2, 0.25) is 0 Å². The molecule has 1 aromatic heterocycles. The summed E-state index contributed by atoms with van der Waals surface area (Å²) in [6, 6.07) is 9.45. The summed E-state index contributed by atoms with van der Waals surface area (Å²) in [6.07, 6.45) is 1.32.